The van der Waals surface area contributed by atoms with Gasteiger partial charge in [0, 0.05) is 25.8 Å². The molecule has 5 heteroatoms. The van der Waals surface area contributed by atoms with Crippen LogP contribution in [0.15, 0.2) is 24.3 Å². The highest BCUT2D eigenvalue weighted by molar-refractivity contribution is 7.80. The van der Waals surface area contributed by atoms with E-state index in [-0.39, 0.29) is 12.5 Å². The first-order chi connectivity index (χ1) is 10.4. The molecule has 0 saturated carbocycles. The van der Waals surface area contributed by atoms with E-state index in [1.165, 1.54) is 5.56 Å². The predicted octanol–water partition coefficient (Wildman–Crippen LogP) is 3.31. The third-order valence-corrected chi connectivity index (χ3v) is 4.08. The number of rotatable bonds is 6. The van der Waals surface area contributed by atoms with E-state index in [0.717, 1.165) is 18.8 Å². The summed E-state index contributed by atoms with van der Waals surface area (Å²) in [7, 11) is 1.83. The van der Waals surface area contributed by atoms with Crippen molar-refractivity contribution in [1.82, 2.24) is 9.80 Å². The van der Waals surface area contributed by atoms with Gasteiger partial charge in [0.05, 0.1) is 6.54 Å². The lowest BCUT2D eigenvalue weighted by Crippen LogP contribution is -2.42. The smallest absolute Gasteiger partial charge is 0.242 e. The van der Waals surface area contributed by atoms with E-state index in [4.69, 9.17) is 12.2 Å². The maximum Gasteiger partial charge on any atom is 0.242 e. The molecule has 0 spiro atoms. The van der Waals surface area contributed by atoms with Gasteiger partial charge in [-0.3, -0.25) is 4.79 Å². The zero-order valence-electron chi connectivity index (χ0n) is 14.2. The van der Waals surface area contributed by atoms with Crippen LogP contribution in [0.2, 0.25) is 0 Å². The fourth-order valence-electron chi connectivity index (χ4n) is 2.12. The molecule has 122 valence electrons. The number of hydrogen-bond donors (Lipinski definition) is 1. The summed E-state index contributed by atoms with van der Waals surface area (Å²) < 4.78 is 0. The van der Waals surface area contributed by atoms with Gasteiger partial charge >= 0.3 is 0 Å². The van der Waals surface area contributed by atoms with Gasteiger partial charge < -0.3 is 15.1 Å². The Morgan fingerprint density at radius 3 is 2.18 bits per heavy atom. The Labute approximate surface area is 139 Å². The van der Waals surface area contributed by atoms with Gasteiger partial charge in [-0.25, -0.2) is 0 Å². The van der Waals surface area contributed by atoms with Crippen molar-refractivity contribution in [3.05, 3.63) is 29.8 Å². The normalized spacial score (nSPS) is 10.5. The summed E-state index contributed by atoms with van der Waals surface area (Å²) in [5.74, 6) is 0.599. The van der Waals surface area contributed by atoms with E-state index in [0.29, 0.717) is 11.0 Å². The minimum absolute atomic E-state index is 0.0896. The van der Waals surface area contributed by atoms with Gasteiger partial charge in [-0.1, -0.05) is 26.0 Å². The molecule has 0 unspecified atom stereocenters. The summed E-state index contributed by atoms with van der Waals surface area (Å²) in [6.45, 7) is 10.0. The van der Waals surface area contributed by atoms with E-state index < -0.39 is 0 Å². The van der Waals surface area contributed by atoms with Crippen LogP contribution in [0, 0.1) is 0 Å². The fourth-order valence-corrected chi connectivity index (χ4v) is 2.30. The molecule has 0 bridgehead atoms. The summed E-state index contributed by atoms with van der Waals surface area (Å²) in [4.78, 5) is 15.7. The zero-order valence-corrected chi connectivity index (χ0v) is 15.0. The summed E-state index contributed by atoms with van der Waals surface area (Å²) in [5.41, 5.74) is 2.23. The third kappa shape index (κ3) is 5.30. The molecule has 1 amide bonds. The fraction of sp³-hybridized carbons (Fsp3) is 0.529. The van der Waals surface area contributed by atoms with Crippen molar-refractivity contribution in [2.45, 2.75) is 33.6 Å². The molecular weight excluding hydrogens is 294 g/mol. The monoisotopic (exact) mass is 321 g/mol. The highest BCUT2D eigenvalue weighted by Crippen LogP contribution is 2.17. The van der Waals surface area contributed by atoms with Crippen molar-refractivity contribution in [3.8, 4) is 0 Å². The molecule has 0 aliphatic heterocycles. The van der Waals surface area contributed by atoms with Crippen molar-refractivity contribution in [2.75, 3.05) is 32.0 Å². The molecule has 1 N–H and O–H groups in total. The molecule has 0 aliphatic carbocycles. The maximum atomic E-state index is 12.1. The lowest BCUT2D eigenvalue weighted by Gasteiger charge is -2.25. The molecule has 0 saturated heterocycles. The Morgan fingerprint density at radius 2 is 1.73 bits per heavy atom. The number of hydrogen-bond acceptors (Lipinski definition) is 2. The molecule has 1 aromatic carbocycles. The van der Waals surface area contributed by atoms with E-state index in [1.54, 1.807) is 9.80 Å². The van der Waals surface area contributed by atoms with Crippen molar-refractivity contribution in [1.29, 1.82) is 0 Å². The van der Waals surface area contributed by atoms with Gasteiger partial charge in [-0.2, -0.15) is 0 Å². The Bertz CT molecular complexity index is 495. The molecule has 0 atom stereocenters. The number of carbonyl (C=O) groups is 1. The Kier molecular flexibility index (Phi) is 7.32. The molecule has 0 aromatic heterocycles. The number of carbonyl (C=O) groups excluding carboxylic acids is 1. The molecule has 0 heterocycles. The molecule has 0 aliphatic rings. The highest BCUT2D eigenvalue weighted by Gasteiger charge is 2.14. The third-order valence-electron chi connectivity index (χ3n) is 3.66. The van der Waals surface area contributed by atoms with Gasteiger partial charge in [0.25, 0.3) is 0 Å². The second kappa shape index (κ2) is 8.73. The van der Waals surface area contributed by atoms with Crippen LogP contribution in [0.1, 0.15) is 39.2 Å². The number of amides is 1. The number of likely N-dealkylation sites (N-methyl/N-ethyl adjacent to an activating group) is 2. The Balaban J connectivity index is 2.58. The average Bonchev–Trinajstić information content (AvgIpc) is 2.48. The zero-order chi connectivity index (χ0) is 16.7. The van der Waals surface area contributed by atoms with Crippen molar-refractivity contribution < 1.29 is 4.79 Å². The first-order valence-electron chi connectivity index (χ1n) is 7.78. The van der Waals surface area contributed by atoms with E-state index >= 15 is 0 Å². The minimum Gasteiger partial charge on any atom is -0.343 e. The van der Waals surface area contributed by atoms with Crippen LogP contribution < -0.4 is 5.32 Å². The summed E-state index contributed by atoms with van der Waals surface area (Å²) in [5, 5.41) is 3.73. The second-order valence-corrected chi connectivity index (χ2v) is 6.02. The van der Waals surface area contributed by atoms with E-state index in [2.05, 4.69) is 31.3 Å². The lowest BCUT2D eigenvalue weighted by molar-refractivity contribution is -0.130. The minimum atomic E-state index is 0.0896. The van der Waals surface area contributed by atoms with Crippen LogP contribution in [0.5, 0.6) is 0 Å². The molecule has 0 fully saturated rings. The summed E-state index contributed by atoms with van der Waals surface area (Å²) in [6.07, 6.45) is 0. The van der Waals surface area contributed by atoms with Crippen LogP contribution in [0.3, 0.4) is 0 Å². The summed E-state index contributed by atoms with van der Waals surface area (Å²) in [6, 6.07) is 8.22. The van der Waals surface area contributed by atoms with Gasteiger partial charge in [-0.05, 0) is 49.7 Å². The quantitative estimate of drug-likeness (QED) is 0.816. The average molecular weight is 321 g/mol. The predicted molar refractivity (Wildman–Crippen MR) is 97.3 cm³/mol. The van der Waals surface area contributed by atoms with Crippen molar-refractivity contribution >= 4 is 28.9 Å². The van der Waals surface area contributed by atoms with Crippen LogP contribution in [-0.4, -0.2) is 47.5 Å². The molecule has 22 heavy (non-hydrogen) atoms. The van der Waals surface area contributed by atoms with Gasteiger partial charge in [-0.15, -0.1) is 0 Å². The van der Waals surface area contributed by atoms with Crippen molar-refractivity contribution in [3.63, 3.8) is 0 Å². The standard InChI is InChI=1S/C17H27N3OS/c1-6-20(7-2)16(21)12-19(5)17(22)18-15-10-8-14(9-11-15)13(3)4/h8-11,13H,6-7,12H2,1-5H3,(H,18,22). The largest absolute Gasteiger partial charge is 0.343 e. The topological polar surface area (TPSA) is 35.6 Å². The number of benzene rings is 1. The van der Waals surface area contributed by atoms with E-state index in [9.17, 15) is 4.79 Å². The first-order valence-corrected chi connectivity index (χ1v) is 8.19. The molecule has 0 radical (unpaired) electrons. The van der Waals surface area contributed by atoms with Gasteiger partial charge in [0.15, 0.2) is 5.11 Å². The van der Waals surface area contributed by atoms with E-state index in [1.807, 2.05) is 33.0 Å². The number of nitrogens with one attached hydrogen (secondary N) is 1. The van der Waals surface area contributed by atoms with Crippen LogP contribution >= 0.6 is 12.2 Å². The number of nitrogens with zero attached hydrogens (tertiary/aromatic N) is 2. The van der Waals surface area contributed by atoms with Crippen LogP contribution in [0.4, 0.5) is 5.69 Å². The van der Waals surface area contributed by atoms with Crippen molar-refractivity contribution in [2.24, 2.45) is 0 Å². The lowest BCUT2D eigenvalue weighted by atomic mass is 10.0. The Morgan fingerprint density at radius 1 is 1.18 bits per heavy atom. The Hall–Kier alpha value is -1.62. The SMILES string of the molecule is CCN(CC)C(=O)CN(C)C(=S)Nc1ccc(C(C)C)cc1. The number of anilines is 1. The van der Waals surface area contributed by atoms with Crippen LogP contribution in [-0.2, 0) is 4.79 Å². The summed E-state index contributed by atoms with van der Waals surface area (Å²) >= 11 is 5.36. The molecule has 4 nitrogen and oxygen atoms in total. The second-order valence-electron chi connectivity index (χ2n) is 5.63. The first kappa shape index (κ1) is 18.4. The maximum absolute atomic E-state index is 12.1. The van der Waals surface area contributed by atoms with Gasteiger partial charge in [0.2, 0.25) is 5.91 Å². The molecule has 1 aromatic rings. The number of thiocarbonyl (C=S) groups is 1. The molecular formula is C17H27N3OS. The van der Waals surface area contributed by atoms with Gasteiger partial charge in [0.1, 0.15) is 0 Å². The highest BCUT2D eigenvalue weighted by atomic mass is 32.1. The van der Waals surface area contributed by atoms with Crippen LogP contribution in [0.25, 0.3) is 0 Å². The molecule has 1 rings (SSSR count).